The number of fused-ring (bicyclic) bond motifs is 1. The minimum absolute atomic E-state index is 0.306. The molecule has 0 aromatic heterocycles. The summed E-state index contributed by atoms with van der Waals surface area (Å²) in [6, 6.07) is 8.02. The van der Waals surface area contributed by atoms with Gasteiger partial charge in [0.05, 0.1) is 5.41 Å². The summed E-state index contributed by atoms with van der Waals surface area (Å²) in [5.74, 6) is 0. The van der Waals surface area contributed by atoms with Gasteiger partial charge in [0, 0.05) is 6.54 Å². The van der Waals surface area contributed by atoms with Crippen LogP contribution in [0.5, 0.6) is 0 Å². The molecular formula is C16H21NO3. The van der Waals surface area contributed by atoms with Gasteiger partial charge in [-0.1, -0.05) is 24.3 Å². The summed E-state index contributed by atoms with van der Waals surface area (Å²) in [6.45, 7) is 5.74. The number of aldehydes is 1. The zero-order chi connectivity index (χ0) is 14.8. The first-order valence-corrected chi connectivity index (χ1v) is 6.84. The van der Waals surface area contributed by atoms with Crippen LogP contribution in [0.2, 0.25) is 0 Å². The Morgan fingerprint density at radius 2 is 1.85 bits per heavy atom. The molecule has 2 rings (SSSR count). The van der Waals surface area contributed by atoms with Crippen molar-refractivity contribution in [3.05, 3.63) is 35.4 Å². The Morgan fingerprint density at radius 1 is 1.30 bits per heavy atom. The summed E-state index contributed by atoms with van der Waals surface area (Å²) in [6.07, 6.45) is 1.82. The van der Waals surface area contributed by atoms with E-state index in [1.807, 2.05) is 45.0 Å². The van der Waals surface area contributed by atoms with Crippen LogP contribution in [-0.2, 0) is 22.4 Å². The zero-order valence-corrected chi connectivity index (χ0v) is 12.2. The van der Waals surface area contributed by atoms with Crippen LogP contribution in [0.25, 0.3) is 0 Å². The molecule has 0 heterocycles. The molecule has 108 valence electrons. The molecule has 1 aromatic carbocycles. The largest absolute Gasteiger partial charge is 0.444 e. The van der Waals surface area contributed by atoms with E-state index in [2.05, 4.69) is 5.32 Å². The van der Waals surface area contributed by atoms with Crippen molar-refractivity contribution in [3.63, 3.8) is 0 Å². The van der Waals surface area contributed by atoms with Crippen LogP contribution in [0.4, 0.5) is 4.79 Å². The van der Waals surface area contributed by atoms with E-state index >= 15 is 0 Å². The zero-order valence-electron chi connectivity index (χ0n) is 12.2. The molecule has 0 fully saturated rings. The third kappa shape index (κ3) is 3.38. The molecule has 0 aliphatic heterocycles. The van der Waals surface area contributed by atoms with Crippen molar-refractivity contribution in [1.29, 1.82) is 0 Å². The fourth-order valence-electron chi connectivity index (χ4n) is 2.54. The minimum atomic E-state index is -0.541. The van der Waals surface area contributed by atoms with Gasteiger partial charge >= 0.3 is 6.09 Å². The van der Waals surface area contributed by atoms with Crippen molar-refractivity contribution in [2.75, 3.05) is 6.54 Å². The molecule has 1 amide bonds. The second kappa shape index (κ2) is 5.27. The molecule has 0 saturated carbocycles. The Balaban J connectivity index is 1.98. The van der Waals surface area contributed by atoms with Crippen molar-refractivity contribution in [3.8, 4) is 0 Å². The lowest BCUT2D eigenvalue weighted by molar-refractivity contribution is -0.115. The number of rotatable bonds is 3. The lowest BCUT2D eigenvalue weighted by atomic mass is 9.86. The molecule has 0 radical (unpaired) electrons. The molecule has 0 atom stereocenters. The fourth-order valence-corrected chi connectivity index (χ4v) is 2.54. The average molecular weight is 275 g/mol. The SMILES string of the molecule is CC(C)(C)OC(=O)NCC1(C=O)Cc2ccccc2C1. The molecule has 0 unspecified atom stereocenters. The first-order valence-electron chi connectivity index (χ1n) is 6.84. The highest BCUT2D eigenvalue weighted by Gasteiger charge is 2.37. The lowest BCUT2D eigenvalue weighted by Crippen LogP contribution is -2.41. The van der Waals surface area contributed by atoms with E-state index in [-0.39, 0.29) is 0 Å². The fraction of sp³-hybridized carbons (Fsp3) is 0.500. The number of hydrogen-bond donors (Lipinski definition) is 1. The number of carbonyl (C=O) groups excluding carboxylic acids is 2. The van der Waals surface area contributed by atoms with E-state index < -0.39 is 17.1 Å². The van der Waals surface area contributed by atoms with Gasteiger partial charge in [-0.25, -0.2) is 4.79 Å². The molecule has 1 aliphatic rings. The molecule has 4 heteroatoms. The Labute approximate surface area is 119 Å². The van der Waals surface area contributed by atoms with Gasteiger partial charge in [-0.2, -0.15) is 0 Å². The summed E-state index contributed by atoms with van der Waals surface area (Å²) in [4.78, 5) is 23.2. The van der Waals surface area contributed by atoms with Crippen molar-refractivity contribution >= 4 is 12.4 Å². The van der Waals surface area contributed by atoms with Gasteiger partial charge in [0.1, 0.15) is 11.9 Å². The van der Waals surface area contributed by atoms with Gasteiger partial charge < -0.3 is 14.8 Å². The maximum Gasteiger partial charge on any atom is 0.407 e. The normalized spacial score (nSPS) is 16.4. The molecule has 0 spiro atoms. The van der Waals surface area contributed by atoms with E-state index in [1.165, 1.54) is 11.1 Å². The van der Waals surface area contributed by atoms with E-state index in [4.69, 9.17) is 4.74 Å². The number of nitrogens with one attached hydrogen (secondary N) is 1. The van der Waals surface area contributed by atoms with Crippen LogP contribution in [0.3, 0.4) is 0 Å². The molecule has 0 bridgehead atoms. The molecule has 20 heavy (non-hydrogen) atoms. The monoisotopic (exact) mass is 275 g/mol. The summed E-state index contributed by atoms with van der Waals surface area (Å²) in [5.41, 5.74) is 1.30. The number of alkyl carbamates (subject to hydrolysis) is 1. The predicted octanol–water partition coefficient (Wildman–Crippen LogP) is 2.50. The van der Waals surface area contributed by atoms with E-state index in [9.17, 15) is 9.59 Å². The summed E-state index contributed by atoms with van der Waals surface area (Å²) in [7, 11) is 0. The Hall–Kier alpha value is -1.84. The predicted molar refractivity (Wildman–Crippen MR) is 76.6 cm³/mol. The smallest absolute Gasteiger partial charge is 0.407 e. The molecule has 1 aromatic rings. The maximum absolute atomic E-state index is 11.7. The van der Waals surface area contributed by atoms with Crippen molar-refractivity contribution in [2.45, 2.75) is 39.2 Å². The third-order valence-electron chi connectivity index (χ3n) is 3.44. The van der Waals surface area contributed by atoms with Gasteiger partial charge in [-0.15, -0.1) is 0 Å². The van der Waals surface area contributed by atoms with E-state index in [1.54, 1.807) is 0 Å². The van der Waals surface area contributed by atoms with Crippen molar-refractivity contribution in [1.82, 2.24) is 5.32 Å². The van der Waals surface area contributed by atoms with Crippen LogP contribution in [0, 0.1) is 5.41 Å². The van der Waals surface area contributed by atoms with Crippen LogP contribution >= 0.6 is 0 Å². The van der Waals surface area contributed by atoms with Gasteiger partial charge in [-0.3, -0.25) is 0 Å². The molecule has 4 nitrogen and oxygen atoms in total. The Morgan fingerprint density at radius 3 is 2.30 bits per heavy atom. The van der Waals surface area contributed by atoms with Crippen LogP contribution in [-0.4, -0.2) is 24.5 Å². The summed E-state index contributed by atoms with van der Waals surface area (Å²) >= 11 is 0. The maximum atomic E-state index is 11.7. The highest BCUT2D eigenvalue weighted by Crippen LogP contribution is 2.34. The van der Waals surface area contributed by atoms with Crippen LogP contribution < -0.4 is 5.32 Å². The molecule has 0 saturated heterocycles. The first-order chi connectivity index (χ1) is 9.34. The Kier molecular flexibility index (Phi) is 3.84. The van der Waals surface area contributed by atoms with E-state index in [0.29, 0.717) is 19.4 Å². The molecule has 1 aliphatic carbocycles. The third-order valence-corrected chi connectivity index (χ3v) is 3.44. The lowest BCUT2D eigenvalue weighted by Gasteiger charge is -2.24. The average Bonchev–Trinajstić information content (AvgIpc) is 2.73. The summed E-state index contributed by atoms with van der Waals surface area (Å²) in [5, 5.41) is 2.72. The van der Waals surface area contributed by atoms with Gasteiger partial charge in [0.2, 0.25) is 0 Å². The second-order valence-electron chi connectivity index (χ2n) is 6.46. The van der Waals surface area contributed by atoms with E-state index in [0.717, 1.165) is 6.29 Å². The molecule has 1 N–H and O–H groups in total. The Bertz CT molecular complexity index is 492. The number of ether oxygens (including phenoxy) is 1. The number of benzene rings is 1. The highest BCUT2D eigenvalue weighted by atomic mass is 16.6. The molecular weight excluding hydrogens is 254 g/mol. The highest BCUT2D eigenvalue weighted by molar-refractivity contribution is 5.70. The standard InChI is InChI=1S/C16H21NO3/c1-15(2,3)20-14(19)17-10-16(11-18)8-12-6-4-5-7-13(12)9-16/h4-7,11H,8-10H2,1-3H3,(H,17,19). The topological polar surface area (TPSA) is 55.4 Å². The number of amides is 1. The number of carbonyl (C=O) groups is 2. The summed E-state index contributed by atoms with van der Waals surface area (Å²) < 4.78 is 5.20. The van der Waals surface area contributed by atoms with Gasteiger partial charge in [0.15, 0.2) is 0 Å². The van der Waals surface area contributed by atoms with Crippen LogP contribution in [0.1, 0.15) is 31.9 Å². The van der Waals surface area contributed by atoms with Crippen molar-refractivity contribution in [2.24, 2.45) is 5.41 Å². The quantitative estimate of drug-likeness (QED) is 0.862. The van der Waals surface area contributed by atoms with Gasteiger partial charge in [-0.05, 0) is 44.7 Å². The minimum Gasteiger partial charge on any atom is -0.444 e. The van der Waals surface area contributed by atoms with Crippen LogP contribution in [0.15, 0.2) is 24.3 Å². The first kappa shape index (κ1) is 14.6. The second-order valence-corrected chi connectivity index (χ2v) is 6.46. The number of hydrogen-bond acceptors (Lipinski definition) is 3. The van der Waals surface area contributed by atoms with Gasteiger partial charge in [0.25, 0.3) is 0 Å². The van der Waals surface area contributed by atoms with Crippen molar-refractivity contribution < 1.29 is 14.3 Å².